The Bertz CT molecular complexity index is 1230. The predicted molar refractivity (Wildman–Crippen MR) is 120 cm³/mol. The van der Waals surface area contributed by atoms with Crippen LogP contribution in [0, 0.1) is 5.82 Å². The van der Waals surface area contributed by atoms with E-state index in [-0.39, 0.29) is 17.5 Å². The van der Waals surface area contributed by atoms with Gasteiger partial charge in [-0.2, -0.15) is 0 Å². The van der Waals surface area contributed by atoms with Gasteiger partial charge < -0.3 is 19.9 Å². The highest BCUT2D eigenvalue weighted by Crippen LogP contribution is 2.30. The van der Waals surface area contributed by atoms with Crippen molar-refractivity contribution in [1.82, 2.24) is 10.3 Å². The second-order valence-corrected chi connectivity index (χ2v) is 7.56. The molecule has 0 spiro atoms. The van der Waals surface area contributed by atoms with Gasteiger partial charge in [-0.25, -0.2) is 9.18 Å². The molecule has 190 valence electrons. The topological polar surface area (TPSA) is 97.8 Å². The highest BCUT2D eigenvalue weighted by atomic mass is 19.4. The fourth-order valence-corrected chi connectivity index (χ4v) is 3.48. The van der Waals surface area contributed by atoms with E-state index in [1.54, 1.807) is 18.3 Å². The van der Waals surface area contributed by atoms with E-state index in [2.05, 4.69) is 15.0 Å². The van der Waals surface area contributed by atoms with Gasteiger partial charge in [0.1, 0.15) is 11.4 Å². The summed E-state index contributed by atoms with van der Waals surface area (Å²) in [4.78, 5) is 28.0. The van der Waals surface area contributed by atoms with Gasteiger partial charge in [0.25, 0.3) is 5.91 Å². The third-order valence-electron chi connectivity index (χ3n) is 5.14. The number of aromatic carboxylic acids is 1. The maximum Gasteiger partial charge on any atom is 0.573 e. The molecule has 1 unspecified atom stereocenters. The van der Waals surface area contributed by atoms with Gasteiger partial charge in [-0.05, 0) is 54.4 Å². The molecule has 0 saturated carbocycles. The average molecular weight is 506 g/mol. The number of para-hydroxylation sites is 1. The minimum atomic E-state index is -4.85. The van der Waals surface area contributed by atoms with E-state index in [4.69, 9.17) is 4.74 Å². The number of fused-ring (bicyclic) bond motifs is 1. The molecule has 1 atom stereocenters. The van der Waals surface area contributed by atoms with Crippen molar-refractivity contribution in [1.29, 1.82) is 0 Å². The number of nitrogens with one attached hydrogen (secondary N) is 1. The number of aryl methyl sites for hydroxylation is 1. The summed E-state index contributed by atoms with van der Waals surface area (Å²) in [6, 6.07) is 12.4. The number of aromatic nitrogens is 1. The van der Waals surface area contributed by atoms with E-state index < -0.39 is 23.9 Å². The molecule has 0 radical (unpaired) electrons. The molecule has 0 saturated heterocycles. The molecule has 0 aliphatic carbocycles. The summed E-state index contributed by atoms with van der Waals surface area (Å²) in [6.07, 6.45) is -1.99. The van der Waals surface area contributed by atoms with Crippen LogP contribution in [-0.4, -0.2) is 34.9 Å². The first-order valence-electron chi connectivity index (χ1n) is 10.8. The van der Waals surface area contributed by atoms with Crippen molar-refractivity contribution >= 4 is 11.9 Å². The Morgan fingerprint density at radius 2 is 1.92 bits per heavy atom. The molecule has 1 aromatic heterocycles. The largest absolute Gasteiger partial charge is 0.573 e. The average Bonchev–Trinajstić information content (AvgIpc) is 2.85. The van der Waals surface area contributed by atoms with Crippen LogP contribution in [0.15, 0.2) is 60.8 Å². The second-order valence-electron chi connectivity index (χ2n) is 7.56. The van der Waals surface area contributed by atoms with Crippen molar-refractivity contribution in [3.05, 3.63) is 89.0 Å². The standard InChI is InChI=1S/C18H18N2O4.C7H4F4O/c1-2-11-10-12(5-6-13(11)18(22)23)17(21)20-14-7-9-24-15-4-3-8-19-16(14)15;8-5-3-1-2-4-6(5)12-7(9,10)11/h3-6,8,10,14H,2,7,9H2,1H3,(H,20,21)(H,22,23);1-4H. The maximum atomic E-state index is 12.5. The van der Waals surface area contributed by atoms with Crippen LogP contribution in [0.5, 0.6) is 11.5 Å². The first kappa shape index (κ1) is 26.5. The zero-order valence-electron chi connectivity index (χ0n) is 19.0. The molecule has 2 N–H and O–H groups in total. The number of hydrogen-bond acceptors (Lipinski definition) is 5. The lowest BCUT2D eigenvalue weighted by molar-refractivity contribution is -0.275. The normalized spacial score (nSPS) is 14.4. The molecule has 4 rings (SSSR count). The number of carboxylic acid groups (broad SMARTS) is 1. The van der Waals surface area contributed by atoms with Gasteiger partial charge in [-0.3, -0.25) is 9.78 Å². The number of ether oxygens (including phenoxy) is 2. The van der Waals surface area contributed by atoms with Gasteiger partial charge in [0.05, 0.1) is 18.2 Å². The zero-order chi connectivity index (χ0) is 26.3. The van der Waals surface area contributed by atoms with E-state index in [0.29, 0.717) is 36.3 Å². The number of nitrogens with zero attached hydrogens (tertiary/aromatic N) is 1. The van der Waals surface area contributed by atoms with Crippen molar-refractivity contribution in [2.45, 2.75) is 32.2 Å². The number of carbonyl (C=O) groups is 2. The van der Waals surface area contributed by atoms with Gasteiger partial charge in [0.15, 0.2) is 11.6 Å². The number of carboxylic acids is 1. The highest BCUT2D eigenvalue weighted by Gasteiger charge is 2.32. The number of amides is 1. The number of benzene rings is 2. The van der Waals surface area contributed by atoms with Crippen LogP contribution in [0.3, 0.4) is 0 Å². The number of hydrogen-bond donors (Lipinski definition) is 2. The van der Waals surface area contributed by atoms with E-state index in [9.17, 15) is 32.3 Å². The van der Waals surface area contributed by atoms with E-state index in [0.717, 1.165) is 17.8 Å². The van der Waals surface area contributed by atoms with Crippen LogP contribution in [0.2, 0.25) is 0 Å². The van der Waals surface area contributed by atoms with Crippen LogP contribution < -0.4 is 14.8 Å². The Balaban J connectivity index is 0.000000253. The summed E-state index contributed by atoms with van der Waals surface area (Å²) >= 11 is 0. The number of alkyl halides is 3. The zero-order valence-corrected chi connectivity index (χ0v) is 19.0. The van der Waals surface area contributed by atoms with Gasteiger partial charge in [-0.1, -0.05) is 19.1 Å². The molecule has 1 aliphatic rings. The lowest BCUT2D eigenvalue weighted by atomic mass is 10.0. The van der Waals surface area contributed by atoms with Crippen LogP contribution in [0.4, 0.5) is 17.6 Å². The minimum Gasteiger partial charge on any atom is -0.491 e. The molecule has 1 amide bonds. The first-order valence-corrected chi connectivity index (χ1v) is 10.8. The Morgan fingerprint density at radius 3 is 2.58 bits per heavy atom. The lowest BCUT2D eigenvalue weighted by Gasteiger charge is -2.25. The van der Waals surface area contributed by atoms with Crippen molar-refractivity contribution in [2.24, 2.45) is 0 Å². The summed E-state index contributed by atoms with van der Waals surface area (Å²) in [5.74, 6) is -2.39. The summed E-state index contributed by atoms with van der Waals surface area (Å²) in [5.41, 5.74) is 2.03. The Morgan fingerprint density at radius 1 is 1.17 bits per heavy atom. The summed E-state index contributed by atoms with van der Waals surface area (Å²) < 4.78 is 56.0. The number of pyridine rings is 1. The third-order valence-corrected chi connectivity index (χ3v) is 5.14. The maximum absolute atomic E-state index is 12.5. The molecule has 1 aliphatic heterocycles. The SMILES string of the molecule is CCc1cc(C(=O)NC2CCOc3cccnc32)ccc1C(=O)O.Fc1ccccc1OC(F)(F)F. The third kappa shape index (κ3) is 6.94. The smallest absolute Gasteiger partial charge is 0.491 e. The molecule has 11 heteroatoms. The van der Waals surface area contributed by atoms with Crippen molar-refractivity contribution in [3.8, 4) is 11.5 Å². The van der Waals surface area contributed by atoms with Gasteiger partial charge in [0, 0.05) is 18.2 Å². The first-order chi connectivity index (χ1) is 17.1. The molecule has 2 heterocycles. The molecule has 3 aromatic rings. The van der Waals surface area contributed by atoms with E-state index in [1.165, 1.54) is 24.3 Å². The van der Waals surface area contributed by atoms with Crippen LogP contribution in [-0.2, 0) is 6.42 Å². The number of carbonyl (C=O) groups excluding carboxylic acids is 1. The molecule has 7 nitrogen and oxygen atoms in total. The monoisotopic (exact) mass is 506 g/mol. The van der Waals surface area contributed by atoms with E-state index >= 15 is 0 Å². The van der Waals surface area contributed by atoms with Gasteiger partial charge in [0.2, 0.25) is 0 Å². The number of rotatable bonds is 5. The molecule has 0 bridgehead atoms. The summed E-state index contributed by atoms with van der Waals surface area (Å²) in [7, 11) is 0. The minimum absolute atomic E-state index is 0.216. The fourth-order valence-electron chi connectivity index (χ4n) is 3.48. The second kappa shape index (κ2) is 11.5. The van der Waals surface area contributed by atoms with Crippen LogP contribution >= 0.6 is 0 Å². The predicted octanol–water partition coefficient (Wildman–Crippen LogP) is 5.32. The highest BCUT2D eigenvalue weighted by molar-refractivity contribution is 5.97. The summed E-state index contributed by atoms with van der Waals surface area (Å²) in [5, 5.41) is 12.1. The van der Waals surface area contributed by atoms with Crippen molar-refractivity contribution < 1.29 is 41.7 Å². The fraction of sp³-hybridized carbons (Fsp3) is 0.240. The van der Waals surface area contributed by atoms with Crippen molar-refractivity contribution in [2.75, 3.05) is 6.61 Å². The Labute approximate surface area is 203 Å². The van der Waals surface area contributed by atoms with Crippen LogP contribution in [0.1, 0.15) is 51.4 Å². The molecule has 0 fully saturated rings. The van der Waals surface area contributed by atoms with Gasteiger partial charge >= 0.3 is 12.3 Å². The molecular weight excluding hydrogens is 484 g/mol. The summed E-state index contributed by atoms with van der Waals surface area (Å²) in [6.45, 7) is 2.38. The number of halogens is 4. The Hall–Kier alpha value is -4.15. The molecule has 36 heavy (non-hydrogen) atoms. The lowest BCUT2D eigenvalue weighted by Crippen LogP contribution is -2.33. The van der Waals surface area contributed by atoms with E-state index in [1.807, 2.05) is 13.0 Å². The Kier molecular flexibility index (Phi) is 8.46. The quantitative estimate of drug-likeness (QED) is 0.455. The van der Waals surface area contributed by atoms with Crippen LogP contribution in [0.25, 0.3) is 0 Å². The molecule has 2 aromatic carbocycles. The van der Waals surface area contributed by atoms with Gasteiger partial charge in [-0.15, -0.1) is 13.2 Å². The molecular formula is C25H22F4N2O5. The van der Waals surface area contributed by atoms with Crippen molar-refractivity contribution in [3.63, 3.8) is 0 Å².